The van der Waals surface area contributed by atoms with Gasteiger partial charge in [-0.1, -0.05) is 18.0 Å². The van der Waals surface area contributed by atoms with Crippen molar-refractivity contribution in [2.75, 3.05) is 39.1 Å². The van der Waals surface area contributed by atoms with E-state index in [2.05, 4.69) is 4.90 Å². The number of nitrogens with zero attached hydrogens (tertiary/aromatic N) is 1. The molecule has 0 bridgehead atoms. The summed E-state index contributed by atoms with van der Waals surface area (Å²) >= 11 is 5.95. The van der Waals surface area contributed by atoms with Crippen molar-refractivity contribution in [2.24, 2.45) is 0 Å². The highest BCUT2D eigenvalue weighted by molar-refractivity contribution is 6.33. The van der Waals surface area contributed by atoms with Gasteiger partial charge < -0.3 is 32.5 Å². The van der Waals surface area contributed by atoms with Crippen LogP contribution in [0.5, 0.6) is 5.75 Å². The fraction of sp³-hybridized carbons (Fsp3) is 0.562. The molecule has 130 valence electrons. The Morgan fingerprint density at radius 1 is 1.30 bits per heavy atom. The number of anilines is 1. The number of carbonyl (C=O) groups excluding carboxylic acids is 1. The Morgan fingerprint density at radius 3 is 2.65 bits per heavy atom. The fourth-order valence-electron chi connectivity index (χ4n) is 2.61. The molecule has 2 N–H and O–H groups in total. The zero-order valence-corrected chi connectivity index (χ0v) is 14.8. The molecule has 0 atom stereocenters. The topological polar surface area (TPSA) is 64.8 Å². The molecule has 1 aromatic carbocycles. The molecule has 1 aliphatic heterocycles. The smallest absolute Gasteiger partial charge is 0.341 e. The van der Waals surface area contributed by atoms with Gasteiger partial charge in [-0.15, -0.1) is 0 Å². The van der Waals surface area contributed by atoms with E-state index in [4.69, 9.17) is 26.8 Å². The van der Waals surface area contributed by atoms with Crippen LogP contribution in [-0.2, 0) is 4.74 Å². The van der Waals surface area contributed by atoms with Crippen LogP contribution in [-0.4, -0.2) is 44.2 Å². The molecule has 0 saturated carbocycles. The Hall–Kier alpha value is -1.17. The number of piperidine rings is 1. The van der Waals surface area contributed by atoms with Crippen molar-refractivity contribution in [1.82, 2.24) is 4.90 Å². The Labute approximate surface area is 148 Å². The molecule has 1 fully saturated rings. The number of hydrogen-bond donors (Lipinski definition) is 1. The summed E-state index contributed by atoms with van der Waals surface area (Å²) in [4.78, 5) is 14.5. The quantitative estimate of drug-likeness (QED) is 0.437. The molecule has 1 aliphatic rings. The standard InChI is InChI=1S/C16H23ClN2O3.ClH/c1-21-15-11-14(18)13(17)10-12(15)16(20)22-9-5-8-19-6-3-2-4-7-19;/h10-11H,2-9,18H2,1H3;1H/p-1. The van der Waals surface area contributed by atoms with Gasteiger partial charge in [0.25, 0.3) is 0 Å². The SMILES string of the molecule is COc1cc(N)c(Cl)cc1C(=O)OCCCN1CCCCC1.[Cl-]. The first-order valence-electron chi connectivity index (χ1n) is 7.64. The molecule has 0 aliphatic carbocycles. The lowest BCUT2D eigenvalue weighted by Gasteiger charge is -2.26. The number of nitrogens with two attached hydrogens (primary N) is 1. The minimum absolute atomic E-state index is 0. The Balaban J connectivity index is 0.00000264. The average Bonchev–Trinajstić information content (AvgIpc) is 2.54. The molecule has 23 heavy (non-hydrogen) atoms. The summed E-state index contributed by atoms with van der Waals surface area (Å²) in [5.74, 6) is -0.0553. The lowest BCUT2D eigenvalue weighted by Crippen LogP contribution is -3.00. The van der Waals surface area contributed by atoms with Crippen molar-refractivity contribution < 1.29 is 26.7 Å². The molecular formula is C16H23Cl2N2O3-. The van der Waals surface area contributed by atoms with E-state index in [1.54, 1.807) is 0 Å². The maximum atomic E-state index is 12.1. The molecule has 2 rings (SSSR count). The summed E-state index contributed by atoms with van der Waals surface area (Å²) in [5.41, 5.74) is 6.38. The van der Waals surface area contributed by atoms with Crippen molar-refractivity contribution in [3.8, 4) is 5.75 Å². The molecule has 0 aromatic heterocycles. The molecule has 1 saturated heterocycles. The first kappa shape index (κ1) is 19.9. The first-order chi connectivity index (χ1) is 10.6. The van der Waals surface area contributed by atoms with Gasteiger partial charge in [-0.05, 0) is 38.4 Å². The van der Waals surface area contributed by atoms with Gasteiger partial charge in [-0.2, -0.15) is 0 Å². The van der Waals surface area contributed by atoms with Crippen LogP contribution < -0.4 is 22.9 Å². The summed E-state index contributed by atoms with van der Waals surface area (Å²) in [6.45, 7) is 3.65. The van der Waals surface area contributed by atoms with E-state index in [-0.39, 0.29) is 12.4 Å². The third-order valence-electron chi connectivity index (χ3n) is 3.84. The van der Waals surface area contributed by atoms with Gasteiger partial charge in [0.15, 0.2) is 0 Å². The Bertz CT molecular complexity index is 520. The first-order valence-corrected chi connectivity index (χ1v) is 8.02. The molecule has 0 amide bonds. The molecule has 1 aromatic rings. The number of ether oxygens (including phenoxy) is 2. The number of nitrogen functional groups attached to an aromatic ring is 1. The van der Waals surface area contributed by atoms with Crippen molar-refractivity contribution in [3.05, 3.63) is 22.7 Å². The van der Waals surface area contributed by atoms with E-state index in [0.717, 1.165) is 26.1 Å². The highest BCUT2D eigenvalue weighted by atomic mass is 35.5. The van der Waals surface area contributed by atoms with Gasteiger partial charge in [0.05, 0.1) is 24.4 Å². The second kappa shape index (κ2) is 9.85. The lowest BCUT2D eigenvalue weighted by atomic mass is 10.1. The number of esters is 1. The molecule has 0 unspecified atom stereocenters. The maximum absolute atomic E-state index is 12.1. The van der Waals surface area contributed by atoms with Gasteiger partial charge in [0.1, 0.15) is 11.3 Å². The zero-order valence-electron chi connectivity index (χ0n) is 13.3. The van der Waals surface area contributed by atoms with Crippen molar-refractivity contribution in [2.45, 2.75) is 25.7 Å². The van der Waals surface area contributed by atoms with E-state index in [9.17, 15) is 4.79 Å². The van der Waals surface area contributed by atoms with Crippen LogP contribution in [0.25, 0.3) is 0 Å². The number of carbonyl (C=O) groups is 1. The van der Waals surface area contributed by atoms with Crippen LogP contribution in [0.3, 0.4) is 0 Å². The third-order valence-corrected chi connectivity index (χ3v) is 4.17. The number of halogens is 2. The minimum atomic E-state index is -0.433. The number of hydrogen-bond acceptors (Lipinski definition) is 5. The van der Waals surface area contributed by atoms with Crippen molar-refractivity contribution >= 4 is 23.3 Å². The molecular weight excluding hydrogens is 339 g/mol. The fourth-order valence-corrected chi connectivity index (χ4v) is 2.77. The zero-order chi connectivity index (χ0) is 15.9. The predicted molar refractivity (Wildman–Crippen MR) is 87.6 cm³/mol. The predicted octanol–water partition coefficient (Wildman–Crippen LogP) is -0.0324. The number of rotatable bonds is 6. The largest absolute Gasteiger partial charge is 1.00 e. The van der Waals surface area contributed by atoms with Gasteiger partial charge in [0.2, 0.25) is 0 Å². The van der Waals surface area contributed by atoms with Crippen LogP contribution in [0.1, 0.15) is 36.0 Å². The van der Waals surface area contributed by atoms with Gasteiger partial charge in [0, 0.05) is 12.6 Å². The van der Waals surface area contributed by atoms with E-state index < -0.39 is 5.97 Å². The van der Waals surface area contributed by atoms with Crippen LogP contribution in [0, 0.1) is 0 Å². The summed E-state index contributed by atoms with van der Waals surface area (Å²) < 4.78 is 10.5. The molecule has 5 nitrogen and oxygen atoms in total. The van der Waals surface area contributed by atoms with Gasteiger partial charge >= 0.3 is 5.97 Å². The van der Waals surface area contributed by atoms with Gasteiger partial charge in [-0.25, -0.2) is 4.79 Å². The highest BCUT2D eigenvalue weighted by Gasteiger charge is 2.16. The number of benzene rings is 1. The van der Waals surface area contributed by atoms with Crippen LogP contribution >= 0.6 is 11.6 Å². The molecule has 0 radical (unpaired) electrons. The summed E-state index contributed by atoms with van der Waals surface area (Å²) in [5, 5.41) is 0.320. The highest BCUT2D eigenvalue weighted by Crippen LogP contribution is 2.29. The normalized spacial score (nSPS) is 14.9. The molecule has 1 heterocycles. The van der Waals surface area contributed by atoms with Gasteiger partial charge in [-0.3, -0.25) is 0 Å². The second-order valence-corrected chi connectivity index (χ2v) is 5.87. The molecule has 7 heteroatoms. The van der Waals surface area contributed by atoms with E-state index >= 15 is 0 Å². The monoisotopic (exact) mass is 361 g/mol. The second-order valence-electron chi connectivity index (χ2n) is 5.47. The summed E-state index contributed by atoms with van der Waals surface area (Å²) in [7, 11) is 1.48. The summed E-state index contributed by atoms with van der Waals surface area (Å²) in [6, 6.07) is 3.02. The third kappa shape index (κ3) is 5.75. The molecule has 0 spiro atoms. The Morgan fingerprint density at radius 2 is 2.00 bits per heavy atom. The lowest BCUT2D eigenvalue weighted by molar-refractivity contribution is -0.0000242. The number of likely N-dealkylation sites (tertiary alicyclic amines) is 1. The minimum Gasteiger partial charge on any atom is -1.00 e. The van der Waals surface area contributed by atoms with Crippen LogP contribution in [0.2, 0.25) is 5.02 Å². The van der Waals surface area contributed by atoms with E-state index in [1.165, 1.54) is 38.5 Å². The number of methoxy groups -OCH3 is 1. The average molecular weight is 362 g/mol. The van der Waals surface area contributed by atoms with Crippen LogP contribution in [0.15, 0.2) is 12.1 Å². The van der Waals surface area contributed by atoms with Crippen molar-refractivity contribution in [1.29, 1.82) is 0 Å². The Kier molecular flexibility index (Phi) is 8.52. The van der Waals surface area contributed by atoms with Crippen LogP contribution in [0.4, 0.5) is 5.69 Å². The van der Waals surface area contributed by atoms with E-state index in [0.29, 0.717) is 28.6 Å². The maximum Gasteiger partial charge on any atom is 0.341 e. The summed E-state index contributed by atoms with van der Waals surface area (Å²) in [6.07, 6.45) is 4.68. The van der Waals surface area contributed by atoms with Crippen molar-refractivity contribution in [3.63, 3.8) is 0 Å². The van der Waals surface area contributed by atoms with E-state index in [1.807, 2.05) is 0 Å².